The molecule has 0 saturated heterocycles. The highest BCUT2D eigenvalue weighted by Crippen LogP contribution is 2.49. The van der Waals surface area contributed by atoms with Crippen LogP contribution in [0.5, 0.6) is 0 Å². The van der Waals surface area contributed by atoms with Crippen LogP contribution in [0.15, 0.2) is 33.2 Å². The van der Waals surface area contributed by atoms with E-state index in [0.29, 0.717) is 0 Å². The van der Waals surface area contributed by atoms with E-state index in [9.17, 15) is 0 Å². The van der Waals surface area contributed by atoms with Crippen LogP contribution < -0.4 is 0 Å². The molecule has 0 radical (unpaired) electrons. The Morgan fingerprint density at radius 1 is 0.929 bits per heavy atom. The maximum absolute atomic E-state index is 5.83. The topological polar surface area (TPSA) is 0 Å². The molecule has 1 aliphatic rings. The Morgan fingerprint density at radius 3 is 2.07 bits per heavy atom. The number of benzene rings is 1. The van der Waals surface area contributed by atoms with Gasteiger partial charge in [-0.2, -0.15) is 0 Å². The van der Waals surface area contributed by atoms with E-state index >= 15 is 0 Å². The summed E-state index contributed by atoms with van der Waals surface area (Å²) in [4.78, 5) is 0. The molecule has 0 spiro atoms. The molecule has 1 aliphatic carbocycles. The van der Waals surface area contributed by atoms with Crippen molar-refractivity contribution in [2.75, 3.05) is 0 Å². The minimum atomic E-state index is 0.277. The largest absolute Gasteiger partial charge is 0.115 e. The molecule has 1 aromatic carbocycles. The van der Waals surface area contributed by atoms with Crippen molar-refractivity contribution in [1.29, 1.82) is 0 Å². The van der Waals surface area contributed by atoms with Crippen molar-refractivity contribution in [3.8, 4) is 0 Å². The first kappa shape index (κ1) is 10.7. The first-order valence-electron chi connectivity index (χ1n) is 3.83. The van der Waals surface area contributed by atoms with E-state index in [0.717, 1.165) is 25.7 Å². The van der Waals surface area contributed by atoms with Crippen LogP contribution in [0.2, 0.25) is 0 Å². The van der Waals surface area contributed by atoms with Crippen LogP contribution in [0.3, 0.4) is 0 Å². The van der Waals surface area contributed by atoms with Crippen LogP contribution in [0.4, 0.5) is 0 Å². The minimum absolute atomic E-state index is 0.277. The molecule has 0 heterocycles. The van der Waals surface area contributed by atoms with Crippen LogP contribution in [0.1, 0.15) is 11.1 Å². The van der Waals surface area contributed by atoms with Gasteiger partial charge in [0.15, 0.2) is 0 Å². The van der Waals surface area contributed by atoms with E-state index < -0.39 is 0 Å². The summed E-state index contributed by atoms with van der Waals surface area (Å²) < 4.78 is 2.17. The fourth-order valence-electron chi connectivity index (χ4n) is 1.42. The number of halogens is 4. The maximum atomic E-state index is 5.83. The highest BCUT2D eigenvalue weighted by atomic mass is 79.9. The van der Waals surface area contributed by atoms with Crippen LogP contribution in [-0.4, -0.2) is 0 Å². The van der Waals surface area contributed by atoms with Gasteiger partial charge in [-0.25, -0.2) is 0 Å². The summed E-state index contributed by atoms with van der Waals surface area (Å²) in [7, 11) is 0. The molecule has 0 atom stereocenters. The third-order valence-electron chi connectivity index (χ3n) is 2.03. The van der Waals surface area contributed by atoms with Crippen LogP contribution >= 0.6 is 55.1 Å². The molecule has 0 amide bonds. The van der Waals surface area contributed by atoms with E-state index in [-0.39, 0.29) is 4.49 Å². The second kappa shape index (κ2) is 4.01. The minimum Gasteiger partial charge on any atom is -0.0702 e. The lowest BCUT2D eigenvalue weighted by Crippen LogP contribution is -1.81. The Morgan fingerprint density at radius 2 is 1.50 bits per heavy atom. The monoisotopic (exact) mass is 352 g/mol. The summed E-state index contributed by atoms with van der Waals surface area (Å²) in [5, 5.41) is 0. The Kier molecular flexibility index (Phi) is 3.08. The fraction of sp³-hybridized carbons (Fsp3) is 0. The number of hydrogen-bond acceptors (Lipinski definition) is 0. The first-order chi connectivity index (χ1) is 6.63. The molecule has 0 nitrogen and oxygen atoms in total. The van der Waals surface area contributed by atoms with Crippen molar-refractivity contribution >= 4 is 65.1 Å². The Hall–Kier alpha value is 0.240. The maximum Gasteiger partial charge on any atom is 0.115 e. The molecule has 0 N–H and O–H groups in total. The number of rotatable bonds is 0. The molecule has 2 rings (SSSR count). The molecule has 0 unspecified atom stereocenters. The van der Waals surface area contributed by atoms with E-state index in [1.165, 1.54) is 0 Å². The van der Waals surface area contributed by atoms with Gasteiger partial charge in [0.1, 0.15) is 4.49 Å². The van der Waals surface area contributed by atoms with Crippen molar-refractivity contribution in [3.63, 3.8) is 0 Å². The van der Waals surface area contributed by atoms with Crippen LogP contribution in [-0.2, 0) is 0 Å². The molecular formula is C10H4Br2Cl2. The van der Waals surface area contributed by atoms with Gasteiger partial charge in [-0.05, 0) is 43.0 Å². The third kappa shape index (κ3) is 1.58. The van der Waals surface area contributed by atoms with E-state index in [2.05, 4.69) is 31.9 Å². The molecule has 0 aromatic heterocycles. The molecule has 14 heavy (non-hydrogen) atoms. The van der Waals surface area contributed by atoms with Crippen molar-refractivity contribution in [2.24, 2.45) is 0 Å². The van der Waals surface area contributed by atoms with Crippen LogP contribution in [0.25, 0.3) is 10.1 Å². The van der Waals surface area contributed by atoms with Gasteiger partial charge < -0.3 is 0 Å². The number of fused-ring (bicyclic) bond motifs is 1. The smallest absolute Gasteiger partial charge is 0.0702 e. The molecule has 0 bridgehead atoms. The van der Waals surface area contributed by atoms with Gasteiger partial charge in [0.2, 0.25) is 0 Å². The second-order valence-corrected chi connectivity index (χ2v) is 5.34. The predicted molar refractivity (Wildman–Crippen MR) is 69.8 cm³/mol. The normalized spacial score (nSPS) is 14.7. The van der Waals surface area contributed by atoms with Crippen molar-refractivity contribution < 1.29 is 0 Å². The van der Waals surface area contributed by atoms with Gasteiger partial charge in [0, 0.05) is 14.5 Å². The Labute approximate surface area is 109 Å². The van der Waals surface area contributed by atoms with Gasteiger partial charge in [-0.15, -0.1) is 0 Å². The number of allylic oxidation sites excluding steroid dienone is 2. The Balaban J connectivity index is 2.77. The summed E-state index contributed by atoms with van der Waals surface area (Å²) >= 11 is 18.6. The zero-order valence-corrected chi connectivity index (χ0v) is 11.5. The second-order valence-electron chi connectivity index (χ2n) is 2.81. The Bertz CT molecular complexity index is 457. The van der Waals surface area contributed by atoms with Crippen molar-refractivity contribution in [1.82, 2.24) is 0 Å². The average molecular weight is 355 g/mol. The standard InChI is InChI=1S/C10H4Br2Cl2/c11-8-6-4-2-1-3-5(6)7(9(8)12)10(13)14/h1-4H. The molecule has 4 heteroatoms. The van der Waals surface area contributed by atoms with Crippen molar-refractivity contribution in [2.45, 2.75) is 0 Å². The zero-order valence-electron chi connectivity index (χ0n) is 6.82. The highest BCUT2D eigenvalue weighted by molar-refractivity contribution is 9.16. The lowest BCUT2D eigenvalue weighted by Gasteiger charge is -2.01. The quantitative estimate of drug-likeness (QED) is 0.592. The zero-order chi connectivity index (χ0) is 10.3. The first-order valence-corrected chi connectivity index (χ1v) is 6.18. The average Bonchev–Trinajstić information content (AvgIpc) is 2.41. The van der Waals surface area contributed by atoms with E-state index in [4.69, 9.17) is 23.2 Å². The molecule has 72 valence electrons. The fourth-order valence-corrected chi connectivity index (χ4v) is 3.21. The molecular weight excluding hydrogens is 351 g/mol. The lowest BCUT2D eigenvalue weighted by atomic mass is 10.1. The molecule has 0 fully saturated rings. The molecule has 1 aromatic rings. The summed E-state index contributed by atoms with van der Waals surface area (Å²) in [6.07, 6.45) is 0. The summed E-state index contributed by atoms with van der Waals surface area (Å²) in [5.41, 5.74) is 3.00. The summed E-state index contributed by atoms with van der Waals surface area (Å²) in [6, 6.07) is 7.95. The predicted octanol–water partition coefficient (Wildman–Crippen LogP) is 5.30. The highest BCUT2D eigenvalue weighted by Gasteiger charge is 2.24. The van der Waals surface area contributed by atoms with E-state index in [1.54, 1.807) is 0 Å². The van der Waals surface area contributed by atoms with Gasteiger partial charge in [-0.1, -0.05) is 47.5 Å². The molecule has 0 saturated carbocycles. The van der Waals surface area contributed by atoms with Gasteiger partial charge in [-0.3, -0.25) is 0 Å². The number of hydrogen-bond donors (Lipinski definition) is 0. The summed E-state index contributed by atoms with van der Waals surface area (Å²) in [5.74, 6) is 0. The van der Waals surface area contributed by atoms with Crippen molar-refractivity contribution in [3.05, 3.63) is 44.4 Å². The molecule has 0 aliphatic heterocycles. The van der Waals surface area contributed by atoms with Gasteiger partial charge in [0.05, 0.1) is 0 Å². The van der Waals surface area contributed by atoms with Crippen LogP contribution in [0, 0.1) is 0 Å². The van der Waals surface area contributed by atoms with Gasteiger partial charge in [0.25, 0.3) is 0 Å². The van der Waals surface area contributed by atoms with Gasteiger partial charge >= 0.3 is 0 Å². The lowest BCUT2D eigenvalue weighted by molar-refractivity contribution is 1.61. The van der Waals surface area contributed by atoms with E-state index in [1.807, 2.05) is 24.3 Å². The SMILES string of the molecule is ClC(Cl)=C1C(Br)=C(Br)c2ccccc21. The summed E-state index contributed by atoms with van der Waals surface area (Å²) in [6.45, 7) is 0. The third-order valence-corrected chi connectivity index (χ3v) is 4.56.